The van der Waals surface area contributed by atoms with Gasteiger partial charge in [-0.05, 0) is 18.9 Å². The quantitative estimate of drug-likeness (QED) is 0.344. The predicted octanol–water partition coefficient (Wildman–Crippen LogP) is 1.31. The Morgan fingerprint density at radius 3 is 2.52 bits per heavy atom. The highest BCUT2D eigenvalue weighted by Crippen LogP contribution is 2.11. The number of sulfone groups is 1. The van der Waals surface area contributed by atoms with Gasteiger partial charge >= 0.3 is 0 Å². The first-order valence-electron chi connectivity index (χ1n) is 8.76. The van der Waals surface area contributed by atoms with Crippen LogP contribution in [-0.2, 0) is 21.2 Å². The van der Waals surface area contributed by atoms with Crippen molar-refractivity contribution >= 4 is 45.7 Å². The van der Waals surface area contributed by atoms with Crippen LogP contribution in [0, 0.1) is 6.92 Å². The lowest BCUT2D eigenvalue weighted by atomic mass is 10.1. The van der Waals surface area contributed by atoms with E-state index < -0.39 is 9.84 Å². The maximum atomic E-state index is 12.0. The van der Waals surface area contributed by atoms with E-state index >= 15 is 0 Å². The third kappa shape index (κ3) is 8.04. The van der Waals surface area contributed by atoms with Crippen molar-refractivity contribution in [1.82, 2.24) is 15.5 Å². The summed E-state index contributed by atoms with van der Waals surface area (Å²) in [6.45, 7) is 3.21. The molecule has 0 saturated carbocycles. The van der Waals surface area contributed by atoms with E-state index in [1.807, 2.05) is 11.9 Å². The Labute approximate surface area is 178 Å². The Hall–Kier alpha value is -1.36. The van der Waals surface area contributed by atoms with E-state index in [0.29, 0.717) is 25.5 Å². The van der Waals surface area contributed by atoms with Crippen LogP contribution >= 0.6 is 24.0 Å². The van der Waals surface area contributed by atoms with Crippen LogP contribution in [0.3, 0.4) is 0 Å². The molecule has 1 aliphatic heterocycles. The largest absolute Gasteiger partial charge is 0.356 e. The third-order valence-electron chi connectivity index (χ3n) is 4.35. The maximum absolute atomic E-state index is 12.0. The normalized spacial score (nSPS) is 18.5. The molecule has 1 aliphatic rings. The fraction of sp³-hybridized carbons (Fsp3) is 0.556. The fourth-order valence-corrected chi connectivity index (χ4v) is 4.60. The summed E-state index contributed by atoms with van der Waals surface area (Å²) in [5.74, 6) is 0.776. The molecule has 1 amide bonds. The summed E-state index contributed by atoms with van der Waals surface area (Å²) in [4.78, 5) is 18.2. The molecule has 1 heterocycles. The van der Waals surface area contributed by atoms with Gasteiger partial charge in [0.05, 0.1) is 11.5 Å². The number of rotatable bonds is 6. The number of nitrogens with one attached hydrogen (secondary N) is 2. The van der Waals surface area contributed by atoms with Crippen molar-refractivity contribution in [2.75, 3.05) is 32.1 Å². The lowest BCUT2D eigenvalue weighted by Gasteiger charge is -2.22. The number of hydrogen-bond donors (Lipinski definition) is 2. The predicted molar refractivity (Wildman–Crippen MR) is 119 cm³/mol. The number of carbonyl (C=O) groups excluding carboxylic acids is 1. The standard InChI is InChI=1S/C18H28N4O3S.HI/c1-14-4-6-15(7-5-14)12-22(3)18(19-2)20-10-8-17(23)21-16-9-11-26(24,25)13-16;/h4-7,16H,8-13H2,1-3H3,(H,19,20)(H,21,23);1H. The minimum Gasteiger partial charge on any atom is -0.356 e. The van der Waals surface area contributed by atoms with Crippen LogP contribution in [-0.4, -0.2) is 63.4 Å². The molecule has 1 atom stereocenters. The highest BCUT2D eigenvalue weighted by Gasteiger charge is 2.28. The molecule has 1 saturated heterocycles. The number of guanidine groups is 1. The molecule has 7 nitrogen and oxygen atoms in total. The third-order valence-corrected chi connectivity index (χ3v) is 6.11. The van der Waals surface area contributed by atoms with Gasteiger partial charge in [0.25, 0.3) is 0 Å². The van der Waals surface area contributed by atoms with E-state index in [1.165, 1.54) is 11.1 Å². The van der Waals surface area contributed by atoms with Crippen molar-refractivity contribution in [2.45, 2.75) is 32.4 Å². The monoisotopic (exact) mass is 508 g/mol. The van der Waals surface area contributed by atoms with E-state index in [-0.39, 0.29) is 53.9 Å². The van der Waals surface area contributed by atoms with Gasteiger partial charge in [0.15, 0.2) is 15.8 Å². The number of nitrogens with zero attached hydrogens (tertiary/aromatic N) is 2. The topological polar surface area (TPSA) is 90.9 Å². The molecule has 9 heteroatoms. The molecule has 1 fully saturated rings. The number of aliphatic imine (C=N–C) groups is 1. The van der Waals surface area contributed by atoms with Crippen LogP contribution in [0.2, 0.25) is 0 Å². The Morgan fingerprint density at radius 1 is 1.30 bits per heavy atom. The van der Waals surface area contributed by atoms with E-state index in [1.54, 1.807) is 7.05 Å². The number of hydrogen-bond acceptors (Lipinski definition) is 4. The first kappa shape index (κ1) is 23.7. The van der Waals surface area contributed by atoms with Crippen molar-refractivity contribution < 1.29 is 13.2 Å². The minimum absolute atomic E-state index is 0. The van der Waals surface area contributed by atoms with E-state index in [0.717, 1.165) is 0 Å². The number of benzene rings is 1. The van der Waals surface area contributed by atoms with Gasteiger partial charge in [-0.3, -0.25) is 9.79 Å². The molecule has 1 aromatic carbocycles. The van der Waals surface area contributed by atoms with Gasteiger partial charge in [-0.2, -0.15) is 0 Å². The highest BCUT2D eigenvalue weighted by molar-refractivity contribution is 14.0. The summed E-state index contributed by atoms with van der Waals surface area (Å²) in [7, 11) is 0.670. The SMILES string of the molecule is CN=C(NCCC(=O)NC1CCS(=O)(=O)C1)N(C)Cc1ccc(C)cc1.I. The number of carbonyl (C=O) groups is 1. The van der Waals surface area contributed by atoms with Crippen LogP contribution in [0.1, 0.15) is 24.0 Å². The van der Waals surface area contributed by atoms with Gasteiger partial charge in [-0.25, -0.2) is 8.42 Å². The fourth-order valence-electron chi connectivity index (χ4n) is 2.92. The molecule has 0 bridgehead atoms. The number of amides is 1. The minimum atomic E-state index is -2.98. The molecule has 1 unspecified atom stereocenters. The van der Waals surface area contributed by atoms with Crippen molar-refractivity contribution in [1.29, 1.82) is 0 Å². The molecule has 27 heavy (non-hydrogen) atoms. The molecular formula is C18H29IN4O3S. The highest BCUT2D eigenvalue weighted by atomic mass is 127. The molecule has 0 aromatic heterocycles. The zero-order valence-electron chi connectivity index (χ0n) is 16.1. The van der Waals surface area contributed by atoms with Crippen molar-refractivity contribution in [2.24, 2.45) is 4.99 Å². The van der Waals surface area contributed by atoms with E-state index in [2.05, 4.69) is 46.8 Å². The van der Waals surface area contributed by atoms with Crippen LogP contribution < -0.4 is 10.6 Å². The van der Waals surface area contributed by atoms with Gasteiger partial charge in [-0.15, -0.1) is 24.0 Å². The second kappa shape index (κ2) is 10.8. The zero-order valence-corrected chi connectivity index (χ0v) is 19.2. The van der Waals surface area contributed by atoms with Gasteiger partial charge in [0, 0.05) is 39.6 Å². The number of aryl methyl sites for hydroxylation is 1. The van der Waals surface area contributed by atoms with Gasteiger partial charge in [0.1, 0.15) is 0 Å². The summed E-state index contributed by atoms with van der Waals surface area (Å²) in [5, 5.41) is 5.96. The molecule has 0 aliphatic carbocycles. The summed E-state index contributed by atoms with van der Waals surface area (Å²) >= 11 is 0. The Bertz CT molecular complexity index is 750. The summed E-state index contributed by atoms with van der Waals surface area (Å²) < 4.78 is 22.8. The Morgan fingerprint density at radius 2 is 1.96 bits per heavy atom. The maximum Gasteiger partial charge on any atom is 0.222 e. The van der Waals surface area contributed by atoms with Crippen LogP contribution in [0.5, 0.6) is 0 Å². The Balaban J connectivity index is 0.00000364. The average Bonchev–Trinajstić information content (AvgIpc) is 2.92. The molecular weight excluding hydrogens is 479 g/mol. The lowest BCUT2D eigenvalue weighted by Crippen LogP contribution is -2.41. The first-order valence-corrected chi connectivity index (χ1v) is 10.6. The van der Waals surface area contributed by atoms with Gasteiger partial charge in [0.2, 0.25) is 5.91 Å². The smallest absolute Gasteiger partial charge is 0.222 e. The van der Waals surface area contributed by atoms with Gasteiger partial charge < -0.3 is 15.5 Å². The molecule has 2 rings (SSSR count). The van der Waals surface area contributed by atoms with Crippen LogP contribution in [0.4, 0.5) is 0 Å². The molecule has 0 radical (unpaired) electrons. The molecule has 2 N–H and O–H groups in total. The van der Waals surface area contributed by atoms with Crippen LogP contribution in [0.25, 0.3) is 0 Å². The Kier molecular flexibility index (Phi) is 9.51. The van der Waals surface area contributed by atoms with Crippen LogP contribution in [0.15, 0.2) is 29.3 Å². The summed E-state index contributed by atoms with van der Waals surface area (Å²) in [6.07, 6.45) is 0.774. The second-order valence-electron chi connectivity index (χ2n) is 6.73. The molecule has 152 valence electrons. The molecule has 0 spiro atoms. The van der Waals surface area contributed by atoms with E-state index in [9.17, 15) is 13.2 Å². The average molecular weight is 508 g/mol. The second-order valence-corrected chi connectivity index (χ2v) is 8.96. The first-order chi connectivity index (χ1) is 12.3. The van der Waals surface area contributed by atoms with Crippen molar-refractivity contribution in [3.8, 4) is 0 Å². The summed E-state index contributed by atoms with van der Waals surface area (Å²) in [5.41, 5.74) is 2.40. The number of halogens is 1. The summed E-state index contributed by atoms with van der Waals surface area (Å²) in [6, 6.07) is 8.07. The van der Waals surface area contributed by atoms with Crippen molar-refractivity contribution in [3.05, 3.63) is 35.4 Å². The van der Waals surface area contributed by atoms with Crippen molar-refractivity contribution in [3.63, 3.8) is 0 Å². The zero-order chi connectivity index (χ0) is 19.2. The molecule has 1 aromatic rings. The van der Waals surface area contributed by atoms with Gasteiger partial charge in [-0.1, -0.05) is 29.8 Å². The van der Waals surface area contributed by atoms with E-state index in [4.69, 9.17) is 0 Å². The lowest BCUT2D eigenvalue weighted by molar-refractivity contribution is -0.121.